The molecule has 2 N–H and O–H groups in total. The molecule has 0 heterocycles. The molecule has 0 saturated heterocycles. The maximum absolute atomic E-state index is 10.9. The summed E-state index contributed by atoms with van der Waals surface area (Å²) in [5.74, 6) is -3.64. The molecule has 1 atom stereocenters. The van der Waals surface area contributed by atoms with Crippen LogP contribution < -0.4 is 0 Å². The topological polar surface area (TPSA) is 74.6 Å². The molecular formula is C10H8Cl2O4. The lowest BCUT2D eigenvalue weighted by atomic mass is 9.96. The summed E-state index contributed by atoms with van der Waals surface area (Å²) in [6, 6.07) is 4.32. The molecule has 0 aliphatic rings. The first-order chi connectivity index (χ1) is 7.41. The van der Waals surface area contributed by atoms with Gasteiger partial charge >= 0.3 is 11.9 Å². The Balaban J connectivity index is 3.14. The molecule has 1 unspecified atom stereocenters. The number of halogens is 2. The molecule has 4 nitrogen and oxygen atoms in total. The summed E-state index contributed by atoms with van der Waals surface area (Å²) in [6.07, 6.45) is -0.532. The summed E-state index contributed by atoms with van der Waals surface area (Å²) < 4.78 is 0. The molecule has 1 aromatic rings. The number of benzene rings is 1. The zero-order valence-electron chi connectivity index (χ0n) is 7.98. The van der Waals surface area contributed by atoms with Gasteiger partial charge in [0.1, 0.15) is 0 Å². The van der Waals surface area contributed by atoms with E-state index >= 15 is 0 Å². The van der Waals surface area contributed by atoms with E-state index in [4.69, 9.17) is 33.4 Å². The highest BCUT2D eigenvalue weighted by Gasteiger charge is 2.25. The quantitative estimate of drug-likeness (QED) is 0.875. The Kier molecular flexibility index (Phi) is 4.15. The Morgan fingerprint density at radius 2 is 1.88 bits per heavy atom. The number of rotatable bonds is 4. The van der Waals surface area contributed by atoms with Crippen molar-refractivity contribution in [1.29, 1.82) is 0 Å². The molecule has 0 bridgehead atoms. The highest BCUT2D eigenvalue weighted by atomic mass is 35.5. The Morgan fingerprint density at radius 1 is 1.25 bits per heavy atom. The smallest absolute Gasteiger partial charge is 0.311 e. The van der Waals surface area contributed by atoms with Gasteiger partial charge in [-0.25, -0.2) is 0 Å². The summed E-state index contributed by atoms with van der Waals surface area (Å²) in [6.45, 7) is 0. The third kappa shape index (κ3) is 3.12. The van der Waals surface area contributed by atoms with Gasteiger partial charge in [0.25, 0.3) is 0 Å². The number of hydrogen-bond acceptors (Lipinski definition) is 2. The van der Waals surface area contributed by atoms with Crippen LogP contribution >= 0.6 is 23.2 Å². The second-order valence-corrected chi connectivity index (χ2v) is 4.00. The molecule has 86 valence electrons. The Labute approximate surface area is 101 Å². The van der Waals surface area contributed by atoms with Gasteiger partial charge in [-0.1, -0.05) is 23.2 Å². The van der Waals surface area contributed by atoms with Gasteiger partial charge in [0.05, 0.1) is 12.3 Å². The molecule has 1 rings (SSSR count). The first-order valence-electron chi connectivity index (χ1n) is 4.31. The lowest BCUT2D eigenvalue weighted by molar-refractivity contribution is -0.145. The monoisotopic (exact) mass is 262 g/mol. The molecule has 0 aliphatic heterocycles. The van der Waals surface area contributed by atoms with Crippen LogP contribution in [0.3, 0.4) is 0 Å². The fraction of sp³-hybridized carbons (Fsp3) is 0.200. The Bertz CT molecular complexity index is 431. The average Bonchev–Trinajstić information content (AvgIpc) is 2.18. The first-order valence-corrected chi connectivity index (χ1v) is 5.07. The van der Waals surface area contributed by atoms with E-state index in [1.54, 1.807) is 0 Å². The van der Waals surface area contributed by atoms with Gasteiger partial charge in [0.2, 0.25) is 0 Å². The molecule has 1 aromatic carbocycles. The van der Waals surface area contributed by atoms with Crippen molar-refractivity contribution in [2.24, 2.45) is 0 Å². The molecule has 0 saturated carbocycles. The van der Waals surface area contributed by atoms with Crippen molar-refractivity contribution in [2.45, 2.75) is 12.3 Å². The van der Waals surface area contributed by atoms with E-state index in [2.05, 4.69) is 0 Å². The summed E-state index contributed by atoms with van der Waals surface area (Å²) in [4.78, 5) is 21.5. The molecule has 0 fully saturated rings. The molecule has 6 heteroatoms. The highest BCUT2D eigenvalue weighted by molar-refractivity contribution is 6.33. The van der Waals surface area contributed by atoms with E-state index in [9.17, 15) is 9.59 Å². The van der Waals surface area contributed by atoms with E-state index in [1.807, 2.05) is 0 Å². The summed E-state index contributed by atoms with van der Waals surface area (Å²) in [5.41, 5.74) is 0.212. The number of carboxylic acid groups (broad SMARTS) is 2. The van der Waals surface area contributed by atoms with Crippen LogP contribution in [0.2, 0.25) is 10.0 Å². The van der Waals surface area contributed by atoms with Crippen molar-refractivity contribution in [3.63, 3.8) is 0 Å². The maximum atomic E-state index is 10.9. The standard InChI is InChI=1S/C10H8Cl2O4/c11-5-1-2-8(12)6(3-5)7(10(15)16)4-9(13)14/h1-3,7H,4H2,(H,13,14)(H,15,16). The predicted octanol–water partition coefficient (Wildman–Crippen LogP) is 2.64. The normalized spacial score (nSPS) is 12.1. The first kappa shape index (κ1) is 12.8. The summed E-state index contributed by atoms with van der Waals surface area (Å²) in [5, 5.41) is 18.0. The number of carbonyl (C=O) groups is 2. The van der Waals surface area contributed by atoms with E-state index in [0.717, 1.165) is 0 Å². The van der Waals surface area contributed by atoms with E-state index in [1.165, 1.54) is 18.2 Å². The van der Waals surface area contributed by atoms with Gasteiger partial charge in [-0.05, 0) is 23.8 Å². The number of hydrogen-bond donors (Lipinski definition) is 2. The van der Waals surface area contributed by atoms with Crippen LogP contribution in [0, 0.1) is 0 Å². The van der Waals surface area contributed by atoms with Crippen LogP contribution in [0.15, 0.2) is 18.2 Å². The van der Waals surface area contributed by atoms with Gasteiger partial charge in [-0.3, -0.25) is 9.59 Å². The second kappa shape index (κ2) is 5.18. The van der Waals surface area contributed by atoms with Crippen LogP contribution in [0.5, 0.6) is 0 Å². The van der Waals surface area contributed by atoms with E-state index < -0.39 is 24.3 Å². The molecule has 0 amide bonds. The van der Waals surface area contributed by atoms with Crippen LogP contribution in [0.25, 0.3) is 0 Å². The lowest BCUT2D eigenvalue weighted by Gasteiger charge is -2.12. The van der Waals surface area contributed by atoms with Gasteiger partial charge in [-0.2, -0.15) is 0 Å². The van der Waals surface area contributed by atoms with E-state index in [-0.39, 0.29) is 10.6 Å². The Hall–Kier alpha value is -1.26. The van der Waals surface area contributed by atoms with Crippen molar-refractivity contribution in [3.8, 4) is 0 Å². The van der Waals surface area contributed by atoms with Crippen molar-refractivity contribution in [3.05, 3.63) is 33.8 Å². The molecule has 0 spiro atoms. The largest absolute Gasteiger partial charge is 0.481 e. The van der Waals surface area contributed by atoms with Crippen molar-refractivity contribution >= 4 is 35.1 Å². The zero-order chi connectivity index (χ0) is 12.3. The van der Waals surface area contributed by atoms with E-state index in [0.29, 0.717) is 5.02 Å². The van der Waals surface area contributed by atoms with Crippen LogP contribution in [0.1, 0.15) is 17.9 Å². The average molecular weight is 263 g/mol. The minimum Gasteiger partial charge on any atom is -0.481 e. The Morgan fingerprint density at radius 3 is 2.38 bits per heavy atom. The van der Waals surface area contributed by atoms with Crippen molar-refractivity contribution in [2.75, 3.05) is 0 Å². The fourth-order valence-corrected chi connectivity index (χ4v) is 1.72. The van der Waals surface area contributed by atoms with Crippen LogP contribution in [0.4, 0.5) is 0 Å². The molecule has 0 radical (unpaired) electrons. The fourth-order valence-electron chi connectivity index (χ4n) is 1.29. The number of carboxylic acids is 2. The molecule has 16 heavy (non-hydrogen) atoms. The predicted molar refractivity (Wildman–Crippen MR) is 59.1 cm³/mol. The summed E-state index contributed by atoms with van der Waals surface area (Å²) >= 11 is 11.5. The minimum atomic E-state index is -1.24. The summed E-state index contributed by atoms with van der Waals surface area (Å²) in [7, 11) is 0. The SMILES string of the molecule is O=C(O)CC(C(=O)O)c1cc(Cl)ccc1Cl. The third-order valence-corrected chi connectivity index (χ3v) is 2.59. The van der Waals surface area contributed by atoms with Gasteiger partial charge in [-0.15, -0.1) is 0 Å². The van der Waals surface area contributed by atoms with Gasteiger partial charge in [0, 0.05) is 10.0 Å². The van der Waals surface area contributed by atoms with Gasteiger partial charge < -0.3 is 10.2 Å². The molecule has 0 aromatic heterocycles. The lowest BCUT2D eigenvalue weighted by Crippen LogP contribution is -2.16. The molecule has 0 aliphatic carbocycles. The van der Waals surface area contributed by atoms with Crippen molar-refractivity contribution < 1.29 is 19.8 Å². The third-order valence-electron chi connectivity index (χ3n) is 2.01. The second-order valence-electron chi connectivity index (χ2n) is 3.15. The van der Waals surface area contributed by atoms with Crippen LogP contribution in [-0.2, 0) is 9.59 Å². The van der Waals surface area contributed by atoms with Gasteiger partial charge in [0.15, 0.2) is 0 Å². The maximum Gasteiger partial charge on any atom is 0.311 e. The zero-order valence-corrected chi connectivity index (χ0v) is 9.50. The minimum absolute atomic E-state index is 0.193. The van der Waals surface area contributed by atoms with Crippen molar-refractivity contribution in [1.82, 2.24) is 0 Å². The number of aliphatic carboxylic acids is 2. The van der Waals surface area contributed by atoms with Crippen LogP contribution in [-0.4, -0.2) is 22.2 Å². The highest BCUT2D eigenvalue weighted by Crippen LogP contribution is 2.30. The molecular weight excluding hydrogens is 255 g/mol.